The normalized spacial score (nSPS) is 11.7. The predicted octanol–water partition coefficient (Wildman–Crippen LogP) is 3.05. The summed E-state index contributed by atoms with van der Waals surface area (Å²) in [5.41, 5.74) is 6.74. The molecule has 1 aliphatic rings. The van der Waals surface area contributed by atoms with Crippen molar-refractivity contribution in [3.05, 3.63) is 76.9 Å². The van der Waals surface area contributed by atoms with Crippen molar-refractivity contribution in [3.63, 3.8) is 0 Å². The lowest BCUT2D eigenvalue weighted by Crippen LogP contribution is -2.09. The fourth-order valence-electron chi connectivity index (χ4n) is 3.69. The van der Waals surface area contributed by atoms with Gasteiger partial charge in [0.25, 0.3) is 0 Å². The smallest absolute Gasteiger partial charge is 0.166 e. The zero-order valence-corrected chi connectivity index (χ0v) is 17.0. The highest BCUT2D eigenvalue weighted by atomic mass is 16.5. The van der Waals surface area contributed by atoms with E-state index < -0.39 is 0 Å². The van der Waals surface area contributed by atoms with Gasteiger partial charge in [0, 0.05) is 18.9 Å². The number of hydrogen-bond donors (Lipinski definition) is 0. The second-order valence-corrected chi connectivity index (χ2v) is 7.36. The maximum absolute atomic E-state index is 5.34. The van der Waals surface area contributed by atoms with Crippen molar-refractivity contribution in [1.82, 2.24) is 29.3 Å². The van der Waals surface area contributed by atoms with E-state index in [4.69, 9.17) is 4.74 Å². The number of aromatic nitrogens is 6. The van der Waals surface area contributed by atoms with Gasteiger partial charge in [-0.05, 0) is 55.5 Å². The maximum atomic E-state index is 5.34. The summed E-state index contributed by atoms with van der Waals surface area (Å²) in [4.78, 5) is 8.94. The molecular weight excluding hydrogens is 376 g/mol. The predicted molar refractivity (Wildman–Crippen MR) is 112 cm³/mol. The number of nitrogens with zero attached hydrogens (tertiary/aromatic N) is 6. The number of benzene rings is 1. The number of hydrogen-bond acceptors (Lipinski definition) is 5. The quantitative estimate of drug-likeness (QED) is 0.429. The molecule has 30 heavy (non-hydrogen) atoms. The van der Waals surface area contributed by atoms with Gasteiger partial charge in [0.2, 0.25) is 0 Å². The average Bonchev–Trinajstić information content (AvgIpc) is 3.28. The lowest BCUT2D eigenvalue weighted by Gasteiger charge is -2.08. The number of imidazole rings is 1. The summed E-state index contributed by atoms with van der Waals surface area (Å²) in [6.07, 6.45) is 3.60. The highest BCUT2D eigenvalue weighted by molar-refractivity contribution is 5.70. The first-order valence-electron chi connectivity index (χ1n) is 9.67. The van der Waals surface area contributed by atoms with Crippen LogP contribution in [-0.4, -0.2) is 36.4 Å². The molecule has 148 valence electrons. The molecule has 0 bridgehead atoms. The number of ether oxygens (including phenoxy) is 1. The molecule has 1 aromatic carbocycles. The first-order valence-corrected chi connectivity index (χ1v) is 9.67. The second kappa shape index (κ2) is 7.25. The number of fused-ring (bicyclic) bond motifs is 5. The first-order chi connectivity index (χ1) is 14.6. The second-order valence-electron chi connectivity index (χ2n) is 7.36. The molecule has 0 saturated heterocycles. The van der Waals surface area contributed by atoms with Gasteiger partial charge in [-0.15, -0.1) is 10.2 Å². The van der Waals surface area contributed by atoms with Gasteiger partial charge in [0.1, 0.15) is 24.3 Å². The molecule has 4 aromatic rings. The van der Waals surface area contributed by atoms with Crippen LogP contribution in [0.2, 0.25) is 0 Å². The monoisotopic (exact) mass is 396 g/mol. The molecule has 4 heterocycles. The molecule has 0 aliphatic carbocycles. The highest BCUT2D eigenvalue weighted by Crippen LogP contribution is 2.33. The van der Waals surface area contributed by atoms with E-state index in [9.17, 15) is 0 Å². The van der Waals surface area contributed by atoms with Gasteiger partial charge in [-0.2, -0.15) is 0 Å². The van der Waals surface area contributed by atoms with Crippen molar-refractivity contribution in [3.8, 4) is 28.9 Å². The molecule has 0 N–H and O–H groups in total. The largest absolute Gasteiger partial charge is 0.377 e. The van der Waals surface area contributed by atoms with Gasteiger partial charge < -0.3 is 9.30 Å². The highest BCUT2D eigenvalue weighted by Gasteiger charge is 2.25. The summed E-state index contributed by atoms with van der Waals surface area (Å²) in [5, 5.41) is 8.83. The van der Waals surface area contributed by atoms with E-state index in [0.29, 0.717) is 13.2 Å². The minimum absolute atomic E-state index is 0.385. The van der Waals surface area contributed by atoms with Crippen LogP contribution in [-0.2, 0) is 17.9 Å². The van der Waals surface area contributed by atoms with E-state index in [-0.39, 0.29) is 0 Å². The molecule has 0 amide bonds. The van der Waals surface area contributed by atoms with Crippen molar-refractivity contribution < 1.29 is 4.74 Å². The van der Waals surface area contributed by atoms with Crippen molar-refractivity contribution in [2.75, 3.05) is 7.11 Å². The molecule has 0 saturated carbocycles. The van der Waals surface area contributed by atoms with Crippen LogP contribution in [0.3, 0.4) is 0 Å². The van der Waals surface area contributed by atoms with Crippen LogP contribution in [0.1, 0.15) is 34.0 Å². The van der Waals surface area contributed by atoms with Crippen LogP contribution in [0.15, 0.2) is 42.9 Å². The van der Waals surface area contributed by atoms with Gasteiger partial charge in [0.05, 0.1) is 17.9 Å². The standard InChI is InChI=1S/C23H20N6O/c1-15-4-7-20-18(11-15)23-27-26-22(13-30-3)28(23)12-21-19(25-14-29(20)21)6-5-17-10-16(2)8-9-24-17/h4,7-11,14H,12-13H2,1-3H3. The van der Waals surface area contributed by atoms with Crippen molar-refractivity contribution in [1.29, 1.82) is 0 Å². The molecule has 0 radical (unpaired) electrons. The zero-order valence-electron chi connectivity index (χ0n) is 17.0. The van der Waals surface area contributed by atoms with E-state index in [1.54, 1.807) is 13.3 Å². The van der Waals surface area contributed by atoms with Crippen molar-refractivity contribution in [2.24, 2.45) is 0 Å². The summed E-state index contributed by atoms with van der Waals surface area (Å²) in [6.45, 7) is 5.04. The number of methoxy groups -OCH3 is 1. The molecule has 7 heteroatoms. The van der Waals surface area contributed by atoms with E-state index in [2.05, 4.69) is 66.3 Å². The molecule has 0 spiro atoms. The third-order valence-electron chi connectivity index (χ3n) is 5.15. The molecule has 5 rings (SSSR count). The van der Waals surface area contributed by atoms with Gasteiger partial charge in [0.15, 0.2) is 11.6 Å². The summed E-state index contributed by atoms with van der Waals surface area (Å²) < 4.78 is 9.51. The lowest BCUT2D eigenvalue weighted by molar-refractivity contribution is 0.174. The van der Waals surface area contributed by atoms with Gasteiger partial charge in [-0.1, -0.05) is 11.6 Å². The summed E-state index contributed by atoms with van der Waals surface area (Å²) in [7, 11) is 1.66. The van der Waals surface area contributed by atoms with Crippen LogP contribution in [0.25, 0.3) is 17.1 Å². The van der Waals surface area contributed by atoms with Crippen LogP contribution in [0.4, 0.5) is 0 Å². The Balaban J connectivity index is 1.68. The third-order valence-corrected chi connectivity index (χ3v) is 5.15. The van der Waals surface area contributed by atoms with Crippen LogP contribution in [0.5, 0.6) is 0 Å². The Hall–Kier alpha value is -3.76. The van der Waals surface area contributed by atoms with Gasteiger partial charge >= 0.3 is 0 Å². The van der Waals surface area contributed by atoms with Crippen LogP contribution >= 0.6 is 0 Å². The molecule has 0 fully saturated rings. The average molecular weight is 396 g/mol. The van der Waals surface area contributed by atoms with E-state index in [0.717, 1.165) is 51.1 Å². The minimum Gasteiger partial charge on any atom is -0.377 e. The number of pyridine rings is 1. The van der Waals surface area contributed by atoms with Crippen molar-refractivity contribution >= 4 is 0 Å². The Labute approximate surface area is 174 Å². The Morgan fingerprint density at radius 3 is 2.73 bits per heavy atom. The molecular formula is C23H20N6O. The molecule has 3 aromatic heterocycles. The minimum atomic E-state index is 0.385. The zero-order chi connectivity index (χ0) is 20.7. The molecule has 1 aliphatic heterocycles. The Bertz CT molecular complexity index is 1320. The Kier molecular flexibility index (Phi) is 4.42. The maximum Gasteiger partial charge on any atom is 0.166 e. The number of aryl methyl sites for hydroxylation is 2. The Morgan fingerprint density at radius 1 is 1.03 bits per heavy atom. The molecule has 0 unspecified atom stereocenters. The first kappa shape index (κ1) is 18.3. The van der Waals surface area contributed by atoms with E-state index in [1.807, 2.05) is 25.4 Å². The third kappa shape index (κ3) is 3.08. The SMILES string of the molecule is COCc1nnc2n1Cc1c(C#Cc3cc(C)ccn3)ncn1-c1ccc(C)cc1-2. The fourth-order valence-corrected chi connectivity index (χ4v) is 3.69. The van der Waals surface area contributed by atoms with Gasteiger partial charge in [-0.25, -0.2) is 9.97 Å². The lowest BCUT2D eigenvalue weighted by atomic mass is 10.1. The van der Waals surface area contributed by atoms with Crippen molar-refractivity contribution in [2.45, 2.75) is 27.0 Å². The fraction of sp³-hybridized carbons (Fsp3) is 0.217. The van der Waals surface area contributed by atoms with E-state index in [1.165, 1.54) is 0 Å². The summed E-state index contributed by atoms with van der Waals surface area (Å²) >= 11 is 0. The topological polar surface area (TPSA) is 70.7 Å². The molecule has 0 atom stereocenters. The van der Waals surface area contributed by atoms with Crippen LogP contribution < -0.4 is 0 Å². The van der Waals surface area contributed by atoms with Crippen LogP contribution in [0, 0.1) is 25.7 Å². The van der Waals surface area contributed by atoms with Gasteiger partial charge in [-0.3, -0.25) is 4.57 Å². The number of rotatable bonds is 2. The Morgan fingerprint density at radius 2 is 1.90 bits per heavy atom. The molecule has 7 nitrogen and oxygen atoms in total. The summed E-state index contributed by atoms with van der Waals surface area (Å²) in [6, 6.07) is 10.2. The van der Waals surface area contributed by atoms with E-state index >= 15 is 0 Å². The summed E-state index contributed by atoms with van der Waals surface area (Å²) in [5.74, 6) is 7.95.